The van der Waals surface area contributed by atoms with E-state index in [1.807, 2.05) is 18.2 Å². The molecule has 0 aliphatic heterocycles. The molecule has 1 aromatic carbocycles. The van der Waals surface area contributed by atoms with Crippen molar-refractivity contribution in [1.29, 1.82) is 0 Å². The molecule has 0 aliphatic rings. The second-order valence-electron chi connectivity index (χ2n) is 4.85. The molecule has 1 amide bonds. The lowest BCUT2D eigenvalue weighted by Crippen LogP contribution is -2.26. The zero-order valence-corrected chi connectivity index (χ0v) is 14.7. The number of carbonyl (C=O) groups excluding carboxylic acids is 2. The van der Waals surface area contributed by atoms with Crippen molar-refractivity contribution in [1.82, 2.24) is 4.90 Å². The fraction of sp³-hybridized carbons (Fsp3) is 0.250. The SMILES string of the molecule is COC(=O)c1cc(CN(C)C(=O)c2cccc(I)c2)oc1C. The van der Waals surface area contributed by atoms with Crippen molar-refractivity contribution in [2.24, 2.45) is 0 Å². The Morgan fingerprint density at radius 1 is 1.32 bits per heavy atom. The lowest BCUT2D eigenvalue weighted by Gasteiger charge is -2.15. The summed E-state index contributed by atoms with van der Waals surface area (Å²) in [5.41, 5.74) is 0.999. The van der Waals surface area contributed by atoms with E-state index in [0.29, 0.717) is 22.6 Å². The van der Waals surface area contributed by atoms with Gasteiger partial charge in [0.25, 0.3) is 5.91 Å². The molecule has 5 nitrogen and oxygen atoms in total. The normalized spacial score (nSPS) is 10.4. The summed E-state index contributed by atoms with van der Waals surface area (Å²) < 4.78 is 11.2. The van der Waals surface area contributed by atoms with Gasteiger partial charge in [-0.15, -0.1) is 0 Å². The van der Waals surface area contributed by atoms with Gasteiger partial charge in [-0.1, -0.05) is 6.07 Å². The van der Waals surface area contributed by atoms with Gasteiger partial charge in [-0.3, -0.25) is 4.79 Å². The quantitative estimate of drug-likeness (QED) is 0.571. The fourth-order valence-corrected chi connectivity index (χ4v) is 2.62. The van der Waals surface area contributed by atoms with E-state index in [0.717, 1.165) is 3.57 Å². The number of hydrogen-bond acceptors (Lipinski definition) is 4. The minimum Gasteiger partial charge on any atom is -0.465 e. The maximum absolute atomic E-state index is 12.4. The zero-order chi connectivity index (χ0) is 16.3. The minimum atomic E-state index is -0.445. The summed E-state index contributed by atoms with van der Waals surface area (Å²) in [4.78, 5) is 25.5. The van der Waals surface area contributed by atoms with Gasteiger partial charge in [0, 0.05) is 16.2 Å². The van der Waals surface area contributed by atoms with E-state index in [4.69, 9.17) is 4.42 Å². The van der Waals surface area contributed by atoms with Gasteiger partial charge >= 0.3 is 5.97 Å². The van der Waals surface area contributed by atoms with Crippen molar-refractivity contribution in [2.75, 3.05) is 14.2 Å². The predicted octanol–water partition coefficient (Wildman–Crippen LogP) is 3.25. The van der Waals surface area contributed by atoms with Gasteiger partial charge in [-0.2, -0.15) is 0 Å². The highest BCUT2D eigenvalue weighted by Gasteiger charge is 2.18. The summed E-state index contributed by atoms with van der Waals surface area (Å²) in [7, 11) is 3.01. The van der Waals surface area contributed by atoms with Crippen LogP contribution in [0, 0.1) is 10.5 Å². The predicted molar refractivity (Wildman–Crippen MR) is 89.7 cm³/mol. The van der Waals surface area contributed by atoms with E-state index >= 15 is 0 Å². The van der Waals surface area contributed by atoms with Crippen LogP contribution in [0.4, 0.5) is 0 Å². The first-order valence-corrected chi connectivity index (χ1v) is 7.69. The van der Waals surface area contributed by atoms with Gasteiger partial charge in [0.2, 0.25) is 0 Å². The molecule has 0 radical (unpaired) electrons. The molecule has 0 saturated carbocycles. The van der Waals surface area contributed by atoms with Crippen molar-refractivity contribution >= 4 is 34.5 Å². The first kappa shape index (κ1) is 16.5. The summed E-state index contributed by atoms with van der Waals surface area (Å²) in [6, 6.07) is 8.98. The molecule has 2 rings (SSSR count). The van der Waals surface area contributed by atoms with Gasteiger partial charge in [0.1, 0.15) is 17.1 Å². The van der Waals surface area contributed by atoms with Crippen molar-refractivity contribution in [3.63, 3.8) is 0 Å². The standard InChI is InChI=1S/C16H16INO4/c1-10-14(16(20)21-3)8-13(22-10)9-18(2)15(19)11-5-4-6-12(17)7-11/h4-8H,9H2,1-3H3. The van der Waals surface area contributed by atoms with Crippen LogP contribution in [0.5, 0.6) is 0 Å². The molecule has 6 heteroatoms. The Morgan fingerprint density at radius 2 is 2.05 bits per heavy atom. The summed E-state index contributed by atoms with van der Waals surface area (Å²) in [6.45, 7) is 1.97. The van der Waals surface area contributed by atoms with Crippen LogP contribution >= 0.6 is 22.6 Å². The minimum absolute atomic E-state index is 0.104. The van der Waals surface area contributed by atoms with Crippen molar-refractivity contribution in [2.45, 2.75) is 13.5 Å². The van der Waals surface area contributed by atoms with Gasteiger partial charge in [-0.25, -0.2) is 4.79 Å². The van der Waals surface area contributed by atoms with E-state index in [2.05, 4.69) is 27.3 Å². The van der Waals surface area contributed by atoms with Crippen LogP contribution in [-0.2, 0) is 11.3 Å². The average Bonchev–Trinajstić information content (AvgIpc) is 2.86. The fourth-order valence-electron chi connectivity index (χ4n) is 2.08. The molecule has 0 unspecified atom stereocenters. The van der Waals surface area contributed by atoms with E-state index in [-0.39, 0.29) is 12.5 Å². The van der Waals surface area contributed by atoms with E-state index in [9.17, 15) is 9.59 Å². The van der Waals surface area contributed by atoms with Crippen LogP contribution in [0.25, 0.3) is 0 Å². The Kier molecular flexibility index (Phi) is 5.23. The lowest BCUT2D eigenvalue weighted by molar-refractivity contribution is 0.0598. The first-order valence-electron chi connectivity index (χ1n) is 6.61. The number of benzene rings is 1. The average molecular weight is 413 g/mol. The highest BCUT2D eigenvalue weighted by atomic mass is 127. The summed E-state index contributed by atoms with van der Waals surface area (Å²) >= 11 is 2.16. The van der Waals surface area contributed by atoms with Crippen LogP contribution in [0.15, 0.2) is 34.7 Å². The Bertz CT molecular complexity index is 708. The van der Waals surface area contributed by atoms with E-state index < -0.39 is 5.97 Å². The van der Waals surface area contributed by atoms with E-state index in [1.54, 1.807) is 31.0 Å². The number of furan rings is 1. The van der Waals surface area contributed by atoms with Gasteiger partial charge < -0.3 is 14.1 Å². The molecular formula is C16H16INO4. The smallest absolute Gasteiger partial charge is 0.341 e. The van der Waals surface area contributed by atoms with Crippen LogP contribution in [0.1, 0.15) is 32.2 Å². The Balaban J connectivity index is 2.13. The number of rotatable bonds is 4. The highest BCUT2D eigenvalue weighted by molar-refractivity contribution is 14.1. The van der Waals surface area contributed by atoms with Crippen LogP contribution in [-0.4, -0.2) is 30.9 Å². The van der Waals surface area contributed by atoms with Gasteiger partial charge in [-0.05, 0) is 53.8 Å². The largest absolute Gasteiger partial charge is 0.465 e. The molecule has 22 heavy (non-hydrogen) atoms. The molecule has 0 fully saturated rings. The third-order valence-electron chi connectivity index (χ3n) is 3.19. The number of amides is 1. The lowest BCUT2D eigenvalue weighted by atomic mass is 10.2. The number of esters is 1. The van der Waals surface area contributed by atoms with Gasteiger partial charge in [0.15, 0.2) is 0 Å². The van der Waals surface area contributed by atoms with Crippen molar-refractivity contribution < 1.29 is 18.7 Å². The maximum Gasteiger partial charge on any atom is 0.341 e. The van der Waals surface area contributed by atoms with E-state index in [1.165, 1.54) is 7.11 Å². The molecule has 2 aromatic rings. The zero-order valence-electron chi connectivity index (χ0n) is 12.6. The molecule has 0 saturated heterocycles. The van der Waals surface area contributed by atoms with Crippen LogP contribution < -0.4 is 0 Å². The number of halogens is 1. The number of hydrogen-bond donors (Lipinski definition) is 0. The van der Waals surface area contributed by atoms with Crippen LogP contribution in [0.2, 0.25) is 0 Å². The molecule has 1 heterocycles. The maximum atomic E-state index is 12.4. The number of methoxy groups -OCH3 is 1. The molecule has 116 valence electrons. The second kappa shape index (κ2) is 6.95. The summed E-state index contributed by atoms with van der Waals surface area (Å²) in [6.07, 6.45) is 0. The van der Waals surface area contributed by atoms with Crippen LogP contribution in [0.3, 0.4) is 0 Å². The molecular weight excluding hydrogens is 397 g/mol. The monoisotopic (exact) mass is 413 g/mol. The molecule has 1 aromatic heterocycles. The summed E-state index contributed by atoms with van der Waals surface area (Å²) in [5.74, 6) is 0.475. The molecule has 0 N–H and O–H groups in total. The number of nitrogens with zero attached hydrogens (tertiary/aromatic N) is 1. The molecule has 0 atom stereocenters. The highest BCUT2D eigenvalue weighted by Crippen LogP contribution is 2.18. The van der Waals surface area contributed by atoms with Gasteiger partial charge in [0.05, 0.1) is 13.7 Å². The van der Waals surface area contributed by atoms with Crippen molar-refractivity contribution in [3.8, 4) is 0 Å². The Morgan fingerprint density at radius 3 is 2.68 bits per heavy atom. The Hall–Kier alpha value is -1.83. The first-order chi connectivity index (χ1) is 10.4. The third kappa shape index (κ3) is 3.68. The van der Waals surface area contributed by atoms with Crippen molar-refractivity contribution in [3.05, 3.63) is 56.5 Å². The Labute approximate surface area is 142 Å². The molecule has 0 bridgehead atoms. The third-order valence-corrected chi connectivity index (χ3v) is 3.86. The number of carbonyl (C=O) groups is 2. The molecule has 0 spiro atoms. The second-order valence-corrected chi connectivity index (χ2v) is 6.09. The number of aryl methyl sites for hydroxylation is 1. The topological polar surface area (TPSA) is 59.8 Å². The summed E-state index contributed by atoms with van der Waals surface area (Å²) in [5, 5.41) is 0. The number of ether oxygens (including phenoxy) is 1. The molecule has 0 aliphatic carbocycles.